The van der Waals surface area contributed by atoms with Gasteiger partial charge in [0.05, 0.1) is 5.69 Å². The lowest BCUT2D eigenvalue weighted by atomic mass is 9.93. The zero-order valence-electron chi connectivity index (χ0n) is 18.3. The molecule has 3 heterocycles. The van der Waals surface area contributed by atoms with Crippen molar-refractivity contribution in [2.45, 2.75) is 63.8 Å². The third-order valence-corrected chi connectivity index (χ3v) is 7.47. The van der Waals surface area contributed by atoms with Crippen LogP contribution in [-0.2, 0) is 12.8 Å². The van der Waals surface area contributed by atoms with E-state index in [1.54, 1.807) is 0 Å². The summed E-state index contributed by atoms with van der Waals surface area (Å²) in [5, 5.41) is 4.96. The first-order chi connectivity index (χ1) is 15.4. The number of rotatable bonds is 3. The van der Waals surface area contributed by atoms with Gasteiger partial charge >= 0.3 is 0 Å². The summed E-state index contributed by atoms with van der Waals surface area (Å²) in [5.74, 6) is 2.79. The van der Waals surface area contributed by atoms with Gasteiger partial charge in [0, 0.05) is 43.3 Å². The van der Waals surface area contributed by atoms with Crippen LogP contribution in [0.25, 0.3) is 17.2 Å². The average molecular weight is 417 g/mol. The fourth-order valence-electron chi connectivity index (χ4n) is 5.80. The number of aromatic nitrogens is 4. The van der Waals surface area contributed by atoms with Crippen molar-refractivity contribution < 1.29 is 0 Å². The van der Waals surface area contributed by atoms with Crippen LogP contribution in [0.1, 0.15) is 56.2 Å². The summed E-state index contributed by atoms with van der Waals surface area (Å²) in [6, 6.07) is 11.1. The first-order valence-corrected chi connectivity index (χ1v) is 12.2. The molecule has 6 heteroatoms. The smallest absolute Gasteiger partial charge is 0.254 e. The van der Waals surface area contributed by atoms with Crippen molar-refractivity contribution in [3.05, 3.63) is 41.6 Å². The Kier molecular flexibility index (Phi) is 5.10. The van der Waals surface area contributed by atoms with Crippen LogP contribution in [-0.4, -0.2) is 56.7 Å². The second kappa shape index (κ2) is 8.23. The Labute approximate surface area is 184 Å². The fraction of sp³-hybridized carbons (Fsp3) is 0.560. The van der Waals surface area contributed by atoms with Crippen LogP contribution >= 0.6 is 0 Å². The van der Waals surface area contributed by atoms with Gasteiger partial charge in [-0.15, -0.1) is 5.10 Å². The highest BCUT2D eigenvalue weighted by molar-refractivity contribution is 5.61. The Morgan fingerprint density at radius 2 is 1.55 bits per heavy atom. The molecule has 3 aliphatic rings. The molecule has 6 rings (SSSR count). The number of nitrogens with zero attached hydrogens (tertiary/aromatic N) is 6. The van der Waals surface area contributed by atoms with Crippen LogP contribution in [0.4, 0.5) is 5.82 Å². The van der Waals surface area contributed by atoms with Gasteiger partial charge in [-0.2, -0.15) is 9.50 Å². The number of benzene rings is 1. The summed E-state index contributed by atoms with van der Waals surface area (Å²) in [6.07, 6.45) is 11.7. The number of hydrogen-bond acceptors (Lipinski definition) is 5. The van der Waals surface area contributed by atoms with Crippen LogP contribution in [0.15, 0.2) is 30.3 Å². The predicted octanol–water partition coefficient (Wildman–Crippen LogP) is 4.12. The van der Waals surface area contributed by atoms with Crippen molar-refractivity contribution in [1.82, 2.24) is 24.5 Å². The highest BCUT2D eigenvalue weighted by Gasteiger charge is 2.29. The van der Waals surface area contributed by atoms with E-state index in [1.165, 1.54) is 62.0 Å². The Balaban J connectivity index is 1.35. The van der Waals surface area contributed by atoms with Crippen molar-refractivity contribution >= 4 is 11.6 Å². The van der Waals surface area contributed by atoms with E-state index in [0.717, 1.165) is 62.2 Å². The van der Waals surface area contributed by atoms with Gasteiger partial charge in [-0.05, 0) is 38.5 Å². The molecule has 1 saturated carbocycles. The molecule has 2 fully saturated rings. The van der Waals surface area contributed by atoms with Crippen molar-refractivity contribution in [1.29, 1.82) is 0 Å². The molecule has 0 atom stereocenters. The Hall–Kier alpha value is -2.47. The van der Waals surface area contributed by atoms with Gasteiger partial charge in [0.15, 0.2) is 5.82 Å². The molecule has 2 aromatic heterocycles. The van der Waals surface area contributed by atoms with Crippen molar-refractivity contribution in [2.75, 3.05) is 31.1 Å². The van der Waals surface area contributed by atoms with Crippen LogP contribution in [0.3, 0.4) is 0 Å². The second-order valence-corrected chi connectivity index (χ2v) is 9.40. The SMILES string of the molecule is c1ccc(-c2nc3nc4c(c(N5CCN(C6CCCCC6)CC5)n3n2)CCCC4)cc1. The summed E-state index contributed by atoms with van der Waals surface area (Å²) in [4.78, 5) is 15.1. The van der Waals surface area contributed by atoms with E-state index in [2.05, 4.69) is 21.9 Å². The Morgan fingerprint density at radius 3 is 2.35 bits per heavy atom. The van der Waals surface area contributed by atoms with Gasteiger partial charge in [0.2, 0.25) is 0 Å². The largest absolute Gasteiger partial charge is 0.354 e. The molecule has 2 aliphatic carbocycles. The molecule has 162 valence electrons. The van der Waals surface area contributed by atoms with Gasteiger partial charge in [0.1, 0.15) is 5.82 Å². The standard InChI is InChI=1S/C25H32N6/c1-3-9-19(10-4-1)23-27-25-26-22-14-8-7-13-21(22)24(31(25)28-23)30-17-15-29(16-18-30)20-11-5-2-6-12-20/h1,3-4,9-10,20H,2,5-8,11-18H2. The highest BCUT2D eigenvalue weighted by Crippen LogP contribution is 2.32. The van der Waals surface area contributed by atoms with Gasteiger partial charge < -0.3 is 4.90 Å². The maximum atomic E-state index is 4.96. The first-order valence-electron chi connectivity index (χ1n) is 12.2. The topological polar surface area (TPSA) is 49.6 Å². The molecule has 1 aromatic carbocycles. The highest BCUT2D eigenvalue weighted by atomic mass is 15.4. The zero-order valence-corrected chi connectivity index (χ0v) is 18.3. The average Bonchev–Trinajstić information content (AvgIpc) is 3.27. The van der Waals surface area contributed by atoms with Gasteiger partial charge in [-0.1, -0.05) is 49.6 Å². The van der Waals surface area contributed by atoms with Crippen LogP contribution in [0.2, 0.25) is 0 Å². The minimum absolute atomic E-state index is 0.754. The molecule has 31 heavy (non-hydrogen) atoms. The lowest BCUT2D eigenvalue weighted by Crippen LogP contribution is -2.51. The fourth-order valence-corrected chi connectivity index (χ4v) is 5.80. The van der Waals surface area contributed by atoms with Gasteiger partial charge in [-0.3, -0.25) is 4.90 Å². The van der Waals surface area contributed by atoms with E-state index < -0.39 is 0 Å². The molecular formula is C25H32N6. The lowest BCUT2D eigenvalue weighted by molar-refractivity contribution is 0.147. The maximum Gasteiger partial charge on any atom is 0.254 e. The van der Waals surface area contributed by atoms with Crippen molar-refractivity contribution in [2.24, 2.45) is 0 Å². The molecule has 0 radical (unpaired) electrons. The van der Waals surface area contributed by atoms with E-state index in [0.29, 0.717) is 0 Å². The van der Waals surface area contributed by atoms with Gasteiger partial charge in [-0.25, -0.2) is 4.98 Å². The van der Waals surface area contributed by atoms with Crippen molar-refractivity contribution in [3.63, 3.8) is 0 Å². The molecule has 1 aliphatic heterocycles. The molecule has 3 aromatic rings. The van der Waals surface area contributed by atoms with E-state index >= 15 is 0 Å². The van der Waals surface area contributed by atoms with Gasteiger partial charge in [0.25, 0.3) is 5.78 Å². The number of aryl methyl sites for hydroxylation is 1. The molecule has 0 unspecified atom stereocenters. The van der Waals surface area contributed by atoms with Crippen LogP contribution in [0.5, 0.6) is 0 Å². The third kappa shape index (κ3) is 3.61. The number of fused-ring (bicyclic) bond motifs is 2. The molecule has 0 N–H and O–H groups in total. The first kappa shape index (κ1) is 19.2. The van der Waals surface area contributed by atoms with Crippen LogP contribution < -0.4 is 4.90 Å². The van der Waals surface area contributed by atoms with Crippen molar-refractivity contribution in [3.8, 4) is 11.4 Å². The van der Waals surface area contributed by atoms with E-state index in [1.807, 2.05) is 22.7 Å². The minimum Gasteiger partial charge on any atom is -0.354 e. The zero-order chi connectivity index (χ0) is 20.6. The predicted molar refractivity (Wildman–Crippen MR) is 124 cm³/mol. The third-order valence-electron chi connectivity index (χ3n) is 7.47. The monoisotopic (exact) mass is 416 g/mol. The quantitative estimate of drug-likeness (QED) is 0.643. The Bertz CT molecular complexity index is 1040. The Morgan fingerprint density at radius 1 is 0.774 bits per heavy atom. The molecule has 0 amide bonds. The summed E-state index contributed by atoms with van der Waals surface area (Å²) in [6.45, 7) is 4.46. The molecule has 0 spiro atoms. The number of anilines is 1. The molecule has 0 bridgehead atoms. The number of hydrogen-bond donors (Lipinski definition) is 0. The molecule has 6 nitrogen and oxygen atoms in total. The molecular weight excluding hydrogens is 384 g/mol. The summed E-state index contributed by atoms with van der Waals surface area (Å²) >= 11 is 0. The van der Waals surface area contributed by atoms with E-state index in [4.69, 9.17) is 15.1 Å². The number of piperazine rings is 1. The maximum absolute atomic E-state index is 4.96. The minimum atomic E-state index is 0.754. The summed E-state index contributed by atoms with van der Waals surface area (Å²) < 4.78 is 2.04. The lowest BCUT2D eigenvalue weighted by Gasteiger charge is -2.42. The summed E-state index contributed by atoms with van der Waals surface area (Å²) in [7, 11) is 0. The molecule has 1 saturated heterocycles. The van der Waals surface area contributed by atoms with E-state index in [-0.39, 0.29) is 0 Å². The summed E-state index contributed by atoms with van der Waals surface area (Å²) in [5.41, 5.74) is 3.71. The van der Waals surface area contributed by atoms with E-state index in [9.17, 15) is 0 Å². The van der Waals surface area contributed by atoms with Crippen LogP contribution in [0, 0.1) is 0 Å². The second-order valence-electron chi connectivity index (χ2n) is 9.40. The normalized spacial score (nSPS) is 20.8.